The van der Waals surface area contributed by atoms with Crippen molar-refractivity contribution in [2.24, 2.45) is 0 Å². The van der Waals surface area contributed by atoms with Gasteiger partial charge in [0.15, 0.2) is 6.20 Å². The first-order valence-electron chi connectivity index (χ1n) is 3.42. The third-order valence-corrected chi connectivity index (χ3v) is 2.67. The lowest BCUT2D eigenvalue weighted by Crippen LogP contribution is -2.24. The van der Waals surface area contributed by atoms with Crippen LogP contribution in [-0.2, 0) is 0 Å². The van der Waals surface area contributed by atoms with Gasteiger partial charge in [0, 0.05) is 5.38 Å². The normalized spacial score (nSPS) is 10.2. The van der Waals surface area contributed by atoms with Crippen molar-refractivity contribution in [1.29, 1.82) is 5.26 Å². The molecule has 2 aromatic rings. The van der Waals surface area contributed by atoms with Crippen LogP contribution < -0.4 is 4.73 Å². The molecule has 0 saturated heterocycles. The van der Waals surface area contributed by atoms with Gasteiger partial charge in [-0.3, -0.25) is 0 Å². The van der Waals surface area contributed by atoms with E-state index in [0.29, 0.717) is 20.4 Å². The molecule has 0 N–H and O–H groups in total. The minimum atomic E-state index is -0.584. The van der Waals surface area contributed by atoms with E-state index >= 15 is 0 Å². The quantitative estimate of drug-likeness (QED) is 0.472. The molecule has 0 aliphatic carbocycles. The third kappa shape index (κ3) is 1.12. The Labute approximate surface area is 76.9 Å². The maximum absolute atomic E-state index is 13.1. The predicted octanol–water partition coefficient (Wildman–Crippen LogP) is 1.55. The zero-order valence-electron chi connectivity index (χ0n) is 6.32. The second-order valence-corrected chi connectivity index (χ2v) is 3.35. The second-order valence-electron chi connectivity index (χ2n) is 2.47. The van der Waals surface area contributed by atoms with E-state index in [9.17, 15) is 9.60 Å². The van der Waals surface area contributed by atoms with E-state index in [-0.39, 0.29) is 0 Å². The molecule has 2 aromatic heterocycles. The summed E-state index contributed by atoms with van der Waals surface area (Å²) in [6.07, 6.45) is 2.05. The molecule has 5 heteroatoms. The van der Waals surface area contributed by atoms with Crippen molar-refractivity contribution in [1.82, 2.24) is 0 Å². The molecule has 2 heterocycles. The summed E-state index contributed by atoms with van der Waals surface area (Å²) in [5, 5.41) is 21.4. The van der Waals surface area contributed by atoms with E-state index in [4.69, 9.17) is 5.26 Å². The second kappa shape index (κ2) is 2.68. The van der Waals surface area contributed by atoms with Crippen LogP contribution in [0.5, 0.6) is 0 Å². The SMILES string of the molecule is N#Cc1csc2c(F)c[n+]([O-])cc12. The van der Waals surface area contributed by atoms with E-state index in [1.807, 2.05) is 6.07 Å². The van der Waals surface area contributed by atoms with Crippen LogP contribution in [0.15, 0.2) is 17.8 Å². The highest BCUT2D eigenvalue weighted by Gasteiger charge is 2.12. The Morgan fingerprint density at radius 1 is 1.54 bits per heavy atom. The zero-order valence-corrected chi connectivity index (χ0v) is 7.14. The standard InChI is InChI=1S/C8H3FN2OS/c9-7-3-11(12)2-6-5(1-10)4-13-8(6)7/h2-4H. The van der Waals surface area contributed by atoms with Crippen molar-refractivity contribution in [3.05, 3.63) is 34.4 Å². The monoisotopic (exact) mass is 194 g/mol. The highest BCUT2D eigenvalue weighted by molar-refractivity contribution is 7.17. The maximum atomic E-state index is 13.1. The number of thiophene rings is 1. The first kappa shape index (κ1) is 7.95. The minimum absolute atomic E-state index is 0.337. The smallest absolute Gasteiger partial charge is 0.217 e. The van der Waals surface area contributed by atoms with Crippen molar-refractivity contribution >= 4 is 21.4 Å². The van der Waals surface area contributed by atoms with Crippen molar-refractivity contribution in [3.63, 3.8) is 0 Å². The van der Waals surface area contributed by atoms with Crippen LogP contribution in [0.4, 0.5) is 4.39 Å². The molecule has 0 fully saturated rings. The molecule has 0 unspecified atom stereocenters. The highest BCUT2D eigenvalue weighted by Crippen LogP contribution is 2.25. The number of pyridine rings is 1. The van der Waals surface area contributed by atoms with Gasteiger partial charge in [-0.1, -0.05) is 0 Å². The van der Waals surface area contributed by atoms with E-state index in [2.05, 4.69) is 0 Å². The summed E-state index contributed by atoms with van der Waals surface area (Å²) in [6.45, 7) is 0. The molecule has 64 valence electrons. The summed E-state index contributed by atoms with van der Waals surface area (Å²) >= 11 is 1.12. The van der Waals surface area contributed by atoms with Gasteiger partial charge in [0.05, 0.1) is 15.6 Å². The van der Waals surface area contributed by atoms with Crippen LogP contribution in [0.25, 0.3) is 10.1 Å². The number of rotatable bonds is 0. The van der Waals surface area contributed by atoms with E-state index < -0.39 is 5.82 Å². The van der Waals surface area contributed by atoms with Crippen molar-refractivity contribution in [2.75, 3.05) is 0 Å². The average molecular weight is 194 g/mol. The van der Waals surface area contributed by atoms with Crippen LogP contribution in [0.3, 0.4) is 0 Å². The summed E-state index contributed by atoms with van der Waals surface area (Å²) in [5.41, 5.74) is 0.337. The molecule has 0 bridgehead atoms. The molecule has 13 heavy (non-hydrogen) atoms. The predicted molar refractivity (Wildman–Crippen MR) is 45.5 cm³/mol. The Kier molecular flexibility index (Phi) is 1.64. The molecule has 0 saturated carbocycles. The van der Waals surface area contributed by atoms with Crippen molar-refractivity contribution in [3.8, 4) is 6.07 Å². The Morgan fingerprint density at radius 2 is 2.31 bits per heavy atom. The van der Waals surface area contributed by atoms with Crippen LogP contribution in [0.1, 0.15) is 5.56 Å². The lowest BCUT2D eigenvalue weighted by Gasteiger charge is -1.95. The fourth-order valence-electron chi connectivity index (χ4n) is 1.10. The number of hydrogen-bond donors (Lipinski definition) is 0. The maximum Gasteiger partial charge on any atom is 0.217 e. The summed E-state index contributed by atoms with van der Waals surface area (Å²) in [5.74, 6) is -0.584. The summed E-state index contributed by atoms with van der Waals surface area (Å²) < 4.78 is 13.8. The Morgan fingerprint density at radius 3 is 3.00 bits per heavy atom. The molecule has 0 atom stereocenters. The van der Waals surface area contributed by atoms with Crippen LogP contribution in [0, 0.1) is 22.4 Å². The van der Waals surface area contributed by atoms with Gasteiger partial charge < -0.3 is 5.21 Å². The van der Waals surface area contributed by atoms with Gasteiger partial charge in [-0.15, -0.1) is 11.3 Å². The number of aromatic nitrogens is 1. The molecular formula is C8H3FN2OS. The molecule has 0 radical (unpaired) electrons. The first-order chi connectivity index (χ1) is 6.22. The molecule has 0 spiro atoms. The van der Waals surface area contributed by atoms with Gasteiger partial charge in [-0.25, -0.2) is 0 Å². The Hall–Kier alpha value is -1.67. The van der Waals surface area contributed by atoms with Crippen LogP contribution >= 0.6 is 11.3 Å². The number of fused-ring (bicyclic) bond motifs is 1. The number of hydrogen-bond acceptors (Lipinski definition) is 3. The molecule has 2 rings (SSSR count). The number of halogens is 1. The van der Waals surface area contributed by atoms with Crippen LogP contribution in [0.2, 0.25) is 0 Å². The van der Waals surface area contributed by atoms with Crippen molar-refractivity contribution in [2.45, 2.75) is 0 Å². The number of nitrogens with zero attached hydrogens (tertiary/aromatic N) is 2. The van der Waals surface area contributed by atoms with Gasteiger partial charge in [-0.2, -0.15) is 14.4 Å². The molecule has 3 nitrogen and oxygen atoms in total. The summed E-state index contributed by atoms with van der Waals surface area (Å²) in [4.78, 5) is 0. The molecule has 0 aliphatic rings. The summed E-state index contributed by atoms with van der Waals surface area (Å²) in [7, 11) is 0. The fraction of sp³-hybridized carbons (Fsp3) is 0. The topological polar surface area (TPSA) is 50.7 Å². The Bertz CT molecular complexity index is 515. The average Bonchev–Trinajstić information content (AvgIpc) is 2.47. The van der Waals surface area contributed by atoms with E-state index in [0.717, 1.165) is 17.5 Å². The highest BCUT2D eigenvalue weighted by atomic mass is 32.1. The summed E-state index contributed by atoms with van der Waals surface area (Å²) in [6, 6.07) is 1.90. The minimum Gasteiger partial charge on any atom is -0.619 e. The third-order valence-electron chi connectivity index (χ3n) is 1.66. The van der Waals surface area contributed by atoms with Crippen molar-refractivity contribution < 1.29 is 9.12 Å². The fourth-order valence-corrected chi connectivity index (χ4v) is 1.97. The van der Waals surface area contributed by atoms with Gasteiger partial charge >= 0.3 is 0 Å². The lowest BCUT2D eigenvalue weighted by molar-refractivity contribution is -0.605. The molecule has 0 aromatic carbocycles. The van der Waals surface area contributed by atoms with E-state index in [1.54, 1.807) is 0 Å². The Balaban J connectivity index is 2.92. The number of nitriles is 1. The molecule has 0 aliphatic heterocycles. The largest absolute Gasteiger partial charge is 0.619 e. The molecule has 0 amide bonds. The zero-order chi connectivity index (χ0) is 9.42. The van der Waals surface area contributed by atoms with E-state index in [1.165, 1.54) is 11.6 Å². The molecular weight excluding hydrogens is 191 g/mol. The van der Waals surface area contributed by atoms with Gasteiger partial charge in [0.25, 0.3) is 0 Å². The van der Waals surface area contributed by atoms with Gasteiger partial charge in [0.1, 0.15) is 6.07 Å². The van der Waals surface area contributed by atoms with Gasteiger partial charge in [0.2, 0.25) is 12.0 Å². The van der Waals surface area contributed by atoms with Gasteiger partial charge in [-0.05, 0) is 0 Å². The van der Waals surface area contributed by atoms with Crippen LogP contribution in [-0.4, -0.2) is 0 Å². The first-order valence-corrected chi connectivity index (χ1v) is 4.30. The lowest BCUT2D eigenvalue weighted by atomic mass is 10.2.